The topological polar surface area (TPSA) is 45.2 Å². The Balaban J connectivity index is 2.15. The van der Waals surface area contributed by atoms with E-state index >= 15 is 0 Å². The lowest BCUT2D eigenvalue weighted by molar-refractivity contribution is -0.116. The molecule has 1 aromatic carbocycles. The first kappa shape index (κ1) is 16.0. The quantitative estimate of drug-likeness (QED) is 0.865. The fraction of sp³-hybridized carbons (Fsp3) is 0.333. The van der Waals surface area contributed by atoms with Crippen LogP contribution in [0.3, 0.4) is 0 Å². The van der Waals surface area contributed by atoms with E-state index in [1.165, 1.54) is 5.56 Å². The number of carbonyl (C=O) groups is 1. The standard InChI is InChI=1S/C18H23N3O/c1-4-7-18(22)20-15-10-11-17(19-13-15)21(5-2)16-9-6-8-14(3)12-16/h6,8-13H,4-5,7H2,1-3H3,(H,20,22). The molecule has 0 aliphatic heterocycles. The molecule has 1 heterocycles. The lowest BCUT2D eigenvalue weighted by Gasteiger charge is -2.22. The van der Waals surface area contributed by atoms with Gasteiger partial charge in [0.15, 0.2) is 0 Å². The van der Waals surface area contributed by atoms with E-state index in [1.54, 1.807) is 6.20 Å². The number of carbonyl (C=O) groups excluding carboxylic acids is 1. The second-order valence-corrected chi connectivity index (χ2v) is 5.29. The van der Waals surface area contributed by atoms with E-state index in [0.717, 1.165) is 30.2 Å². The van der Waals surface area contributed by atoms with E-state index in [-0.39, 0.29) is 5.91 Å². The molecule has 0 aliphatic carbocycles. The number of anilines is 3. The molecule has 1 aromatic heterocycles. The van der Waals surface area contributed by atoms with Crippen LogP contribution in [0.2, 0.25) is 0 Å². The van der Waals surface area contributed by atoms with Gasteiger partial charge in [-0.1, -0.05) is 19.1 Å². The van der Waals surface area contributed by atoms with Crippen LogP contribution in [0.5, 0.6) is 0 Å². The minimum absolute atomic E-state index is 0.0306. The molecule has 2 aromatic rings. The summed E-state index contributed by atoms with van der Waals surface area (Å²) in [4.78, 5) is 18.2. The number of nitrogens with one attached hydrogen (secondary N) is 1. The number of nitrogens with zero attached hydrogens (tertiary/aromatic N) is 2. The average Bonchev–Trinajstić information content (AvgIpc) is 2.50. The Morgan fingerprint density at radius 3 is 2.64 bits per heavy atom. The van der Waals surface area contributed by atoms with Crippen LogP contribution >= 0.6 is 0 Å². The number of benzene rings is 1. The van der Waals surface area contributed by atoms with Gasteiger partial charge in [-0.3, -0.25) is 4.79 Å². The monoisotopic (exact) mass is 297 g/mol. The first-order chi connectivity index (χ1) is 10.6. The number of aryl methyl sites for hydroxylation is 1. The highest BCUT2D eigenvalue weighted by molar-refractivity contribution is 5.90. The Morgan fingerprint density at radius 2 is 2.05 bits per heavy atom. The Morgan fingerprint density at radius 1 is 1.23 bits per heavy atom. The predicted octanol–water partition coefficient (Wildman–Crippen LogP) is 4.29. The number of hydrogen-bond donors (Lipinski definition) is 1. The Hall–Kier alpha value is -2.36. The number of pyridine rings is 1. The third-order valence-corrected chi connectivity index (χ3v) is 3.41. The van der Waals surface area contributed by atoms with E-state index in [0.29, 0.717) is 6.42 Å². The molecule has 0 spiro atoms. The van der Waals surface area contributed by atoms with Crippen molar-refractivity contribution < 1.29 is 4.79 Å². The van der Waals surface area contributed by atoms with Gasteiger partial charge in [0.05, 0.1) is 11.9 Å². The van der Waals surface area contributed by atoms with Crippen molar-refractivity contribution in [2.45, 2.75) is 33.6 Å². The van der Waals surface area contributed by atoms with E-state index in [4.69, 9.17) is 0 Å². The molecule has 0 atom stereocenters. The summed E-state index contributed by atoms with van der Waals surface area (Å²) in [5.74, 6) is 0.907. The van der Waals surface area contributed by atoms with Crippen molar-refractivity contribution in [3.8, 4) is 0 Å². The third-order valence-electron chi connectivity index (χ3n) is 3.41. The fourth-order valence-corrected chi connectivity index (χ4v) is 2.34. The van der Waals surface area contributed by atoms with Crippen LogP contribution in [0.25, 0.3) is 0 Å². The third kappa shape index (κ3) is 4.07. The Kier molecular flexibility index (Phi) is 5.53. The summed E-state index contributed by atoms with van der Waals surface area (Å²) in [6.07, 6.45) is 3.09. The summed E-state index contributed by atoms with van der Waals surface area (Å²) in [5, 5.41) is 2.86. The molecular weight excluding hydrogens is 274 g/mol. The highest BCUT2D eigenvalue weighted by atomic mass is 16.1. The second kappa shape index (κ2) is 7.59. The first-order valence-electron chi connectivity index (χ1n) is 7.74. The molecule has 0 bridgehead atoms. The van der Waals surface area contributed by atoms with Crippen molar-refractivity contribution >= 4 is 23.1 Å². The van der Waals surface area contributed by atoms with Crippen molar-refractivity contribution in [2.24, 2.45) is 0 Å². The molecule has 4 heteroatoms. The predicted molar refractivity (Wildman–Crippen MR) is 91.6 cm³/mol. The van der Waals surface area contributed by atoms with Crippen LogP contribution in [0.15, 0.2) is 42.6 Å². The number of aromatic nitrogens is 1. The molecule has 0 radical (unpaired) electrons. The van der Waals surface area contributed by atoms with Gasteiger partial charge in [-0.15, -0.1) is 0 Å². The minimum Gasteiger partial charge on any atom is -0.327 e. The molecule has 0 aliphatic rings. The molecule has 0 saturated heterocycles. The zero-order valence-electron chi connectivity index (χ0n) is 13.5. The second-order valence-electron chi connectivity index (χ2n) is 5.29. The highest BCUT2D eigenvalue weighted by Gasteiger charge is 2.09. The molecule has 22 heavy (non-hydrogen) atoms. The van der Waals surface area contributed by atoms with Crippen LogP contribution in [0.4, 0.5) is 17.2 Å². The van der Waals surface area contributed by atoms with Crippen molar-refractivity contribution in [1.29, 1.82) is 0 Å². The first-order valence-corrected chi connectivity index (χ1v) is 7.74. The average molecular weight is 297 g/mol. The Bertz CT molecular complexity index is 622. The van der Waals surface area contributed by atoms with Gasteiger partial charge in [-0.05, 0) is 50.1 Å². The summed E-state index contributed by atoms with van der Waals surface area (Å²) in [6, 6.07) is 12.2. The van der Waals surface area contributed by atoms with Gasteiger partial charge >= 0.3 is 0 Å². The highest BCUT2D eigenvalue weighted by Crippen LogP contribution is 2.24. The largest absolute Gasteiger partial charge is 0.327 e. The molecule has 1 N–H and O–H groups in total. The van der Waals surface area contributed by atoms with Gasteiger partial charge in [0.25, 0.3) is 0 Å². The molecule has 2 rings (SSSR count). The van der Waals surface area contributed by atoms with Gasteiger partial charge in [0.1, 0.15) is 5.82 Å². The molecular formula is C18H23N3O. The van der Waals surface area contributed by atoms with Crippen LogP contribution in [-0.4, -0.2) is 17.4 Å². The molecule has 0 fully saturated rings. The van der Waals surface area contributed by atoms with E-state index in [1.807, 2.05) is 25.1 Å². The maximum absolute atomic E-state index is 11.6. The van der Waals surface area contributed by atoms with Crippen molar-refractivity contribution in [1.82, 2.24) is 4.98 Å². The van der Waals surface area contributed by atoms with E-state index in [9.17, 15) is 4.79 Å². The molecule has 0 saturated carbocycles. The van der Waals surface area contributed by atoms with Crippen molar-refractivity contribution in [3.63, 3.8) is 0 Å². The number of rotatable bonds is 6. The van der Waals surface area contributed by atoms with Gasteiger partial charge in [0.2, 0.25) is 5.91 Å². The molecule has 0 unspecified atom stereocenters. The summed E-state index contributed by atoms with van der Waals surface area (Å²) in [5.41, 5.74) is 3.08. The number of hydrogen-bond acceptors (Lipinski definition) is 3. The van der Waals surface area contributed by atoms with E-state index < -0.39 is 0 Å². The molecule has 4 nitrogen and oxygen atoms in total. The maximum atomic E-state index is 11.6. The summed E-state index contributed by atoms with van der Waals surface area (Å²) in [6.45, 7) is 7.00. The van der Waals surface area contributed by atoms with Crippen LogP contribution in [-0.2, 0) is 4.79 Å². The van der Waals surface area contributed by atoms with Crippen LogP contribution < -0.4 is 10.2 Å². The van der Waals surface area contributed by atoms with E-state index in [2.05, 4.69) is 47.2 Å². The number of amides is 1. The SMILES string of the molecule is CCCC(=O)Nc1ccc(N(CC)c2cccc(C)c2)nc1. The lowest BCUT2D eigenvalue weighted by atomic mass is 10.2. The van der Waals surface area contributed by atoms with Crippen molar-refractivity contribution in [2.75, 3.05) is 16.8 Å². The lowest BCUT2D eigenvalue weighted by Crippen LogP contribution is -2.17. The zero-order chi connectivity index (χ0) is 15.9. The fourth-order valence-electron chi connectivity index (χ4n) is 2.34. The maximum Gasteiger partial charge on any atom is 0.224 e. The molecule has 1 amide bonds. The van der Waals surface area contributed by atoms with Gasteiger partial charge in [-0.2, -0.15) is 0 Å². The normalized spacial score (nSPS) is 10.3. The Labute approximate surface area is 132 Å². The summed E-state index contributed by atoms with van der Waals surface area (Å²) < 4.78 is 0. The zero-order valence-corrected chi connectivity index (χ0v) is 13.5. The molecule has 116 valence electrons. The smallest absolute Gasteiger partial charge is 0.224 e. The van der Waals surface area contributed by atoms with Crippen LogP contribution in [0, 0.1) is 6.92 Å². The van der Waals surface area contributed by atoms with Gasteiger partial charge in [0, 0.05) is 18.7 Å². The van der Waals surface area contributed by atoms with Gasteiger partial charge < -0.3 is 10.2 Å². The summed E-state index contributed by atoms with van der Waals surface area (Å²) >= 11 is 0. The van der Waals surface area contributed by atoms with Crippen molar-refractivity contribution in [3.05, 3.63) is 48.2 Å². The minimum atomic E-state index is 0.0306. The summed E-state index contributed by atoms with van der Waals surface area (Å²) in [7, 11) is 0. The van der Waals surface area contributed by atoms with Crippen LogP contribution in [0.1, 0.15) is 32.3 Å². The van der Waals surface area contributed by atoms with Gasteiger partial charge in [-0.25, -0.2) is 4.98 Å².